The van der Waals surface area contributed by atoms with Gasteiger partial charge < -0.3 is 21.0 Å². The summed E-state index contributed by atoms with van der Waals surface area (Å²) in [5.74, 6) is 0.461. The molecule has 0 bridgehead atoms. The van der Waals surface area contributed by atoms with Crippen molar-refractivity contribution in [2.75, 3.05) is 12.4 Å². The summed E-state index contributed by atoms with van der Waals surface area (Å²) >= 11 is 1.30. The summed E-state index contributed by atoms with van der Waals surface area (Å²) in [6.45, 7) is 0. The van der Waals surface area contributed by atoms with E-state index in [0.717, 1.165) is 0 Å². The maximum Gasteiger partial charge on any atom is 0.265 e. The van der Waals surface area contributed by atoms with E-state index in [2.05, 4.69) is 10.5 Å². The van der Waals surface area contributed by atoms with Crippen LogP contribution in [0.4, 0.5) is 5.69 Å². The Morgan fingerprint density at radius 3 is 2.65 bits per heavy atom. The van der Waals surface area contributed by atoms with Crippen LogP contribution in [-0.2, 0) is 0 Å². The number of nitrogens with two attached hydrogens (primary N) is 1. The first-order valence-electron chi connectivity index (χ1n) is 5.66. The number of nitrogens with zero attached hydrogens (tertiary/aromatic N) is 1. The molecule has 1 heterocycles. The maximum atomic E-state index is 12.0. The summed E-state index contributed by atoms with van der Waals surface area (Å²) in [5.41, 5.74) is 6.65. The standard InChI is InChI=1S/C13H13N3O3S/c1-19-10-6-11(20-7-10)13(17)15-9-4-2-8(3-5-9)12(14)16-18/h2-7,18H,1H3,(H2,14,16)(H,15,17). The van der Waals surface area contributed by atoms with Crippen LogP contribution in [0.2, 0.25) is 0 Å². The van der Waals surface area contributed by atoms with Gasteiger partial charge in [0.2, 0.25) is 0 Å². The SMILES string of the molecule is COc1csc(C(=O)Nc2ccc(/C(N)=N/O)cc2)c1. The van der Waals surface area contributed by atoms with E-state index in [1.165, 1.54) is 11.3 Å². The highest BCUT2D eigenvalue weighted by Gasteiger charge is 2.10. The number of oxime groups is 1. The first-order valence-corrected chi connectivity index (χ1v) is 6.54. The number of thiophene rings is 1. The predicted molar refractivity (Wildman–Crippen MR) is 77.8 cm³/mol. The molecule has 0 radical (unpaired) electrons. The highest BCUT2D eigenvalue weighted by Crippen LogP contribution is 2.22. The molecule has 0 aliphatic rings. The number of ether oxygens (including phenoxy) is 1. The predicted octanol–water partition coefficient (Wildman–Crippen LogP) is 2.10. The maximum absolute atomic E-state index is 12.0. The van der Waals surface area contributed by atoms with Gasteiger partial charge >= 0.3 is 0 Å². The van der Waals surface area contributed by atoms with Crippen LogP contribution < -0.4 is 15.8 Å². The summed E-state index contributed by atoms with van der Waals surface area (Å²) in [6.07, 6.45) is 0. The van der Waals surface area contributed by atoms with E-state index >= 15 is 0 Å². The van der Waals surface area contributed by atoms with Crippen molar-refractivity contribution >= 4 is 28.8 Å². The fraction of sp³-hybridized carbons (Fsp3) is 0.0769. The number of benzene rings is 1. The molecule has 0 aliphatic heterocycles. The lowest BCUT2D eigenvalue weighted by Crippen LogP contribution is -2.13. The number of hydrogen-bond donors (Lipinski definition) is 3. The Bertz CT molecular complexity index is 635. The zero-order chi connectivity index (χ0) is 14.5. The molecule has 20 heavy (non-hydrogen) atoms. The molecule has 7 heteroatoms. The van der Waals surface area contributed by atoms with Crippen molar-refractivity contribution < 1.29 is 14.7 Å². The fourth-order valence-corrected chi connectivity index (χ4v) is 2.27. The number of methoxy groups -OCH3 is 1. The average molecular weight is 291 g/mol. The van der Waals surface area contributed by atoms with E-state index < -0.39 is 0 Å². The van der Waals surface area contributed by atoms with Gasteiger partial charge in [0, 0.05) is 22.7 Å². The largest absolute Gasteiger partial charge is 0.496 e. The van der Waals surface area contributed by atoms with E-state index in [-0.39, 0.29) is 11.7 Å². The number of anilines is 1. The minimum absolute atomic E-state index is 0.0193. The zero-order valence-corrected chi connectivity index (χ0v) is 11.5. The van der Waals surface area contributed by atoms with E-state index in [1.54, 1.807) is 42.8 Å². The molecule has 0 atom stereocenters. The molecule has 2 rings (SSSR count). The summed E-state index contributed by atoms with van der Waals surface area (Å²) in [4.78, 5) is 12.5. The topological polar surface area (TPSA) is 96.9 Å². The van der Waals surface area contributed by atoms with Gasteiger partial charge in [0.25, 0.3) is 5.91 Å². The van der Waals surface area contributed by atoms with Gasteiger partial charge in [-0.1, -0.05) is 5.16 Å². The third-order valence-electron chi connectivity index (χ3n) is 2.58. The van der Waals surface area contributed by atoms with Crippen molar-refractivity contribution in [2.24, 2.45) is 10.9 Å². The molecule has 6 nitrogen and oxygen atoms in total. The Balaban J connectivity index is 2.08. The van der Waals surface area contributed by atoms with Crippen molar-refractivity contribution in [1.82, 2.24) is 0 Å². The minimum Gasteiger partial charge on any atom is -0.496 e. The molecule has 1 aromatic carbocycles. The molecule has 0 fully saturated rings. The number of amides is 1. The number of amidine groups is 1. The monoisotopic (exact) mass is 291 g/mol. The Morgan fingerprint density at radius 2 is 2.10 bits per heavy atom. The molecule has 104 valence electrons. The molecule has 1 amide bonds. The summed E-state index contributed by atoms with van der Waals surface area (Å²) in [6, 6.07) is 8.33. The van der Waals surface area contributed by atoms with Crippen LogP contribution in [0.25, 0.3) is 0 Å². The minimum atomic E-state index is -0.213. The van der Waals surface area contributed by atoms with Gasteiger partial charge in [-0.2, -0.15) is 0 Å². The molecule has 0 saturated heterocycles. The van der Waals surface area contributed by atoms with Crippen molar-refractivity contribution in [3.63, 3.8) is 0 Å². The molecular weight excluding hydrogens is 278 g/mol. The van der Waals surface area contributed by atoms with Crippen molar-refractivity contribution in [3.8, 4) is 5.75 Å². The highest BCUT2D eigenvalue weighted by molar-refractivity contribution is 7.12. The van der Waals surface area contributed by atoms with Crippen LogP contribution in [0.3, 0.4) is 0 Å². The normalized spacial score (nSPS) is 11.2. The quantitative estimate of drug-likeness (QED) is 0.348. The second kappa shape index (κ2) is 6.07. The van der Waals surface area contributed by atoms with Crippen LogP contribution in [0.15, 0.2) is 40.9 Å². The summed E-state index contributed by atoms with van der Waals surface area (Å²) in [7, 11) is 1.55. The number of hydrogen-bond acceptors (Lipinski definition) is 5. The van der Waals surface area contributed by atoms with Gasteiger partial charge in [0.1, 0.15) is 5.75 Å². The zero-order valence-electron chi connectivity index (χ0n) is 10.7. The average Bonchev–Trinajstić information content (AvgIpc) is 2.96. The fourth-order valence-electron chi connectivity index (χ4n) is 1.52. The molecule has 1 aromatic heterocycles. The first-order chi connectivity index (χ1) is 9.63. The number of carbonyl (C=O) groups excluding carboxylic acids is 1. The van der Waals surface area contributed by atoms with Crippen molar-refractivity contribution in [1.29, 1.82) is 0 Å². The molecular formula is C13H13N3O3S. The highest BCUT2D eigenvalue weighted by atomic mass is 32.1. The molecule has 4 N–H and O–H groups in total. The first kappa shape index (κ1) is 13.9. The lowest BCUT2D eigenvalue weighted by atomic mass is 10.2. The van der Waals surface area contributed by atoms with E-state index in [1.807, 2.05) is 0 Å². The van der Waals surface area contributed by atoms with Gasteiger partial charge in [-0.15, -0.1) is 11.3 Å². The van der Waals surface area contributed by atoms with Crippen molar-refractivity contribution in [2.45, 2.75) is 0 Å². The molecule has 0 unspecified atom stereocenters. The van der Waals surface area contributed by atoms with E-state index in [0.29, 0.717) is 21.9 Å². The number of rotatable bonds is 4. The van der Waals surface area contributed by atoms with Crippen LogP contribution in [0.1, 0.15) is 15.2 Å². The lowest BCUT2D eigenvalue weighted by molar-refractivity contribution is 0.103. The molecule has 0 aliphatic carbocycles. The van der Waals surface area contributed by atoms with E-state index in [9.17, 15) is 4.79 Å². The van der Waals surface area contributed by atoms with Crippen LogP contribution in [0.5, 0.6) is 5.75 Å². The molecule has 0 saturated carbocycles. The van der Waals surface area contributed by atoms with Gasteiger partial charge in [-0.05, 0) is 24.3 Å². The van der Waals surface area contributed by atoms with Crippen molar-refractivity contribution in [3.05, 3.63) is 46.2 Å². The Hall–Kier alpha value is -2.54. The molecule has 0 spiro atoms. The van der Waals surface area contributed by atoms with Gasteiger partial charge in [0.15, 0.2) is 5.84 Å². The summed E-state index contributed by atoms with van der Waals surface area (Å²) < 4.78 is 5.03. The Labute approximate surface area is 119 Å². The van der Waals surface area contributed by atoms with Crippen LogP contribution in [-0.4, -0.2) is 24.1 Å². The van der Waals surface area contributed by atoms with Crippen LogP contribution >= 0.6 is 11.3 Å². The molecule has 2 aromatic rings. The van der Waals surface area contributed by atoms with E-state index in [4.69, 9.17) is 15.7 Å². The third-order valence-corrected chi connectivity index (χ3v) is 3.49. The summed E-state index contributed by atoms with van der Waals surface area (Å²) in [5, 5.41) is 16.0. The van der Waals surface area contributed by atoms with Gasteiger partial charge in [-0.25, -0.2) is 0 Å². The lowest BCUT2D eigenvalue weighted by Gasteiger charge is -2.04. The smallest absolute Gasteiger partial charge is 0.265 e. The Morgan fingerprint density at radius 1 is 1.40 bits per heavy atom. The second-order valence-corrected chi connectivity index (χ2v) is 4.78. The third kappa shape index (κ3) is 3.07. The Kier molecular flexibility index (Phi) is 4.21. The van der Waals surface area contributed by atoms with Gasteiger partial charge in [-0.3, -0.25) is 4.79 Å². The van der Waals surface area contributed by atoms with Gasteiger partial charge in [0.05, 0.1) is 12.0 Å². The number of carbonyl (C=O) groups is 1. The number of nitrogens with one attached hydrogen (secondary N) is 1. The second-order valence-electron chi connectivity index (χ2n) is 3.87. The van der Waals surface area contributed by atoms with Crippen LogP contribution in [0, 0.1) is 0 Å².